The quantitative estimate of drug-likeness (QED) is 0.329. The fraction of sp³-hybridized carbons (Fsp3) is 0.455. The van der Waals surface area contributed by atoms with Crippen molar-refractivity contribution >= 4 is 15.8 Å². The lowest BCUT2D eigenvalue weighted by molar-refractivity contribution is -0.0401. The molecule has 6 rings (SSSR count). The van der Waals surface area contributed by atoms with Crippen LogP contribution in [0, 0.1) is 5.92 Å². The molecule has 3 aliphatic heterocycles. The van der Waals surface area contributed by atoms with Gasteiger partial charge in [-0.3, -0.25) is 9.45 Å². The van der Waals surface area contributed by atoms with Gasteiger partial charge in [-0.05, 0) is 73.0 Å². The third-order valence-corrected chi connectivity index (χ3v) is 8.55. The Labute approximate surface area is 240 Å². The highest BCUT2D eigenvalue weighted by Gasteiger charge is 2.55. The van der Waals surface area contributed by atoms with Crippen molar-refractivity contribution in [3.05, 3.63) is 95.6 Å². The summed E-state index contributed by atoms with van der Waals surface area (Å²) in [7, 11) is -1.89. The largest absolute Gasteiger partial charge is 0.495 e. The molecule has 3 aromatic rings. The van der Waals surface area contributed by atoms with Crippen molar-refractivity contribution in [2.45, 2.75) is 63.5 Å². The van der Waals surface area contributed by atoms with E-state index >= 15 is 0 Å². The average Bonchev–Trinajstić information content (AvgIpc) is 2.91. The second-order valence-corrected chi connectivity index (χ2v) is 13.8. The van der Waals surface area contributed by atoms with Gasteiger partial charge in [-0.15, -0.1) is 0 Å². The minimum absolute atomic E-state index is 0.0768. The van der Waals surface area contributed by atoms with Crippen LogP contribution in [-0.4, -0.2) is 55.9 Å². The molecule has 3 fully saturated rings. The summed E-state index contributed by atoms with van der Waals surface area (Å²) >= 11 is 0. The Kier molecular flexibility index (Phi) is 8.98. The van der Waals surface area contributed by atoms with Crippen LogP contribution in [0.25, 0.3) is 0 Å². The topological polar surface area (TPSA) is 78.9 Å². The highest BCUT2D eigenvalue weighted by atomic mass is 32.2. The van der Waals surface area contributed by atoms with Crippen molar-refractivity contribution in [1.82, 2.24) is 4.90 Å². The smallest absolute Gasteiger partial charge is 0.261 e. The van der Waals surface area contributed by atoms with Gasteiger partial charge in [0.25, 0.3) is 10.1 Å². The van der Waals surface area contributed by atoms with Crippen LogP contribution >= 0.6 is 0 Å². The van der Waals surface area contributed by atoms with E-state index in [1.54, 1.807) is 7.11 Å². The maximum Gasteiger partial charge on any atom is 0.261 e. The summed E-state index contributed by atoms with van der Waals surface area (Å²) in [4.78, 5) is 2.76. The van der Waals surface area contributed by atoms with E-state index in [0.717, 1.165) is 24.5 Å². The first kappa shape index (κ1) is 30.1. The van der Waals surface area contributed by atoms with Crippen LogP contribution in [0.1, 0.15) is 63.1 Å². The van der Waals surface area contributed by atoms with Crippen molar-refractivity contribution in [2.24, 2.45) is 5.92 Å². The molecular weight excluding hydrogens is 520 g/mol. The molecular formula is C33H44N2O4S. The molecule has 3 aliphatic rings. The summed E-state index contributed by atoms with van der Waals surface area (Å²) in [6.07, 6.45) is 3.20. The number of hydrogen-bond acceptors (Lipinski definition) is 5. The number of methoxy groups -OCH3 is 1. The molecule has 0 spiro atoms. The SMILES string of the molecule is COc1ccc(C(C)(C)C)cc1N[C@H]1C2CCN(CC2)[C@@]1(C)C(c1ccccc1)c1ccccc1.CS(=O)(=O)O. The van der Waals surface area contributed by atoms with Gasteiger partial charge in [0, 0.05) is 17.5 Å². The molecule has 2 N–H and O–H groups in total. The van der Waals surface area contributed by atoms with Gasteiger partial charge in [-0.1, -0.05) is 87.5 Å². The molecule has 0 aromatic heterocycles. The van der Waals surface area contributed by atoms with Crippen LogP contribution in [0.3, 0.4) is 0 Å². The lowest BCUT2D eigenvalue weighted by Gasteiger charge is -2.61. The summed E-state index contributed by atoms with van der Waals surface area (Å²) in [6, 6.07) is 29.2. The number of ether oxygens (including phenoxy) is 1. The summed E-state index contributed by atoms with van der Waals surface area (Å²) in [5, 5.41) is 4.09. The Balaban J connectivity index is 0.000000681. The monoisotopic (exact) mass is 564 g/mol. The predicted octanol–water partition coefficient (Wildman–Crippen LogP) is 6.59. The van der Waals surface area contributed by atoms with Gasteiger partial charge < -0.3 is 10.1 Å². The van der Waals surface area contributed by atoms with Gasteiger partial charge in [0.15, 0.2) is 0 Å². The number of nitrogens with one attached hydrogen (secondary N) is 1. The molecule has 0 radical (unpaired) electrons. The van der Waals surface area contributed by atoms with E-state index in [4.69, 9.17) is 9.29 Å². The number of hydrogen-bond donors (Lipinski definition) is 2. The summed E-state index contributed by atoms with van der Waals surface area (Å²) < 4.78 is 31.7. The molecule has 3 aromatic carbocycles. The zero-order valence-electron chi connectivity index (χ0n) is 24.6. The third-order valence-electron chi connectivity index (χ3n) is 8.55. The van der Waals surface area contributed by atoms with Crippen molar-refractivity contribution in [3.63, 3.8) is 0 Å². The number of anilines is 1. The van der Waals surface area contributed by atoms with E-state index < -0.39 is 10.1 Å². The maximum absolute atomic E-state index is 9.19. The molecule has 216 valence electrons. The Morgan fingerprint density at radius 2 is 1.45 bits per heavy atom. The minimum atomic E-state index is -3.67. The van der Waals surface area contributed by atoms with E-state index in [-0.39, 0.29) is 16.9 Å². The molecule has 0 amide bonds. The third kappa shape index (κ3) is 6.70. The van der Waals surface area contributed by atoms with Crippen molar-refractivity contribution < 1.29 is 17.7 Å². The van der Waals surface area contributed by atoms with E-state index in [9.17, 15) is 8.42 Å². The maximum atomic E-state index is 9.19. The van der Waals surface area contributed by atoms with Crippen molar-refractivity contribution in [1.29, 1.82) is 0 Å². The highest BCUT2D eigenvalue weighted by molar-refractivity contribution is 7.85. The van der Waals surface area contributed by atoms with E-state index in [1.165, 1.54) is 29.5 Å². The van der Waals surface area contributed by atoms with E-state index in [0.29, 0.717) is 18.2 Å². The van der Waals surface area contributed by atoms with Gasteiger partial charge in [-0.2, -0.15) is 8.42 Å². The van der Waals surface area contributed by atoms with Crippen LogP contribution in [0.4, 0.5) is 5.69 Å². The zero-order chi connectivity index (χ0) is 29.1. The molecule has 3 heterocycles. The number of fused-ring (bicyclic) bond motifs is 3. The number of benzene rings is 3. The molecule has 2 bridgehead atoms. The minimum Gasteiger partial charge on any atom is -0.495 e. The van der Waals surface area contributed by atoms with Crippen LogP contribution in [0.2, 0.25) is 0 Å². The summed E-state index contributed by atoms with van der Waals surface area (Å²) in [5.41, 5.74) is 5.22. The van der Waals surface area contributed by atoms with Crippen molar-refractivity contribution in [2.75, 3.05) is 31.8 Å². The fourth-order valence-corrected chi connectivity index (χ4v) is 6.63. The lowest BCUT2D eigenvalue weighted by Crippen LogP contribution is -2.70. The zero-order valence-corrected chi connectivity index (χ0v) is 25.4. The number of rotatable bonds is 6. The molecule has 3 saturated heterocycles. The number of nitrogens with zero attached hydrogens (tertiary/aromatic N) is 1. The van der Waals surface area contributed by atoms with Crippen molar-refractivity contribution in [3.8, 4) is 5.75 Å². The molecule has 2 atom stereocenters. The van der Waals surface area contributed by atoms with E-state index in [1.807, 2.05) is 0 Å². The Morgan fingerprint density at radius 3 is 1.90 bits per heavy atom. The van der Waals surface area contributed by atoms with Crippen LogP contribution in [0.5, 0.6) is 5.75 Å². The first-order valence-electron chi connectivity index (χ1n) is 14.0. The van der Waals surface area contributed by atoms with Gasteiger partial charge in [0.2, 0.25) is 0 Å². The molecule has 6 nitrogen and oxygen atoms in total. The first-order valence-corrected chi connectivity index (χ1v) is 15.9. The second kappa shape index (κ2) is 11.9. The Morgan fingerprint density at radius 1 is 0.950 bits per heavy atom. The molecule has 40 heavy (non-hydrogen) atoms. The lowest BCUT2D eigenvalue weighted by atomic mass is 9.62. The Hall–Kier alpha value is -2.87. The standard InChI is InChI=1S/C32H40N2O.CH4O3S/c1-31(2,3)26-16-17-28(35-5)27(22-26)33-30-25-18-20-34(21-19-25)32(30,4)29(23-12-8-6-9-13-23)24-14-10-7-11-15-24;1-5(2,3)4/h6-17,22,25,29-30,33H,18-21H2,1-5H3;1H3,(H,2,3,4)/t30-,32-;/m0./s1. The van der Waals surface area contributed by atoms with Crippen LogP contribution in [-0.2, 0) is 15.5 Å². The van der Waals surface area contributed by atoms with Crippen LogP contribution < -0.4 is 10.1 Å². The second-order valence-electron chi connectivity index (χ2n) is 12.3. The predicted molar refractivity (Wildman–Crippen MR) is 164 cm³/mol. The first-order chi connectivity index (χ1) is 18.8. The van der Waals surface area contributed by atoms with Gasteiger partial charge in [0.1, 0.15) is 5.75 Å². The molecule has 0 aliphatic carbocycles. The average molecular weight is 565 g/mol. The van der Waals surface area contributed by atoms with Gasteiger partial charge in [0.05, 0.1) is 19.1 Å². The highest BCUT2D eigenvalue weighted by Crippen LogP contribution is 2.51. The molecule has 0 unspecified atom stereocenters. The summed E-state index contributed by atoms with van der Waals surface area (Å²) in [6.45, 7) is 11.7. The summed E-state index contributed by atoms with van der Waals surface area (Å²) in [5.74, 6) is 1.82. The Bertz CT molecular complexity index is 1320. The van der Waals surface area contributed by atoms with E-state index in [2.05, 4.69) is 117 Å². The molecule has 0 saturated carbocycles. The normalized spacial score (nSPS) is 24.2. The molecule has 7 heteroatoms. The van der Waals surface area contributed by atoms with Gasteiger partial charge in [-0.25, -0.2) is 0 Å². The number of piperidine rings is 3. The van der Waals surface area contributed by atoms with Crippen LogP contribution in [0.15, 0.2) is 78.9 Å². The van der Waals surface area contributed by atoms with Gasteiger partial charge >= 0.3 is 0 Å². The fourth-order valence-electron chi connectivity index (χ4n) is 6.63.